The molecule has 59 heavy (non-hydrogen) atoms. The first kappa shape index (κ1) is 39.4. The molecule has 0 amide bonds. The van der Waals surface area contributed by atoms with Gasteiger partial charge in [0.25, 0.3) is 0 Å². The minimum absolute atomic E-state index is 0.00164. The fourth-order valence-corrected chi connectivity index (χ4v) is 9.98. The molecule has 5 aromatic carbocycles. The number of piperidine rings is 1. The van der Waals surface area contributed by atoms with Crippen LogP contribution >= 0.6 is 0 Å². The van der Waals surface area contributed by atoms with Crippen LogP contribution in [0.25, 0.3) is 33.5 Å². The van der Waals surface area contributed by atoms with E-state index in [1.54, 1.807) is 0 Å². The number of likely N-dealkylation sites (tertiary alicyclic amines) is 1. The summed E-state index contributed by atoms with van der Waals surface area (Å²) in [5.41, 5.74) is 12.9. The molecule has 2 aliphatic heterocycles. The SMILES string of the molecule is Cc1cc(N2CC3CCN(C)CC3c3ccc(Oc4[c-]c(-n5[c](=[Pt])n(-c6cc(C(C)(C)C)cc(C(C)(C)C)c6)c6ccccc65)ccc4)[c-]c32)ncc1-c1ccccc1. The second kappa shape index (κ2) is 15.2. The van der Waals surface area contributed by atoms with Gasteiger partial charge in [0, 0.05) is 11.8 Å². The Hall–Kier alpha value is -5.03. The van der Waals surface area contributed by atoms with E-state index in [0.29, 0.717) is 23.3 Å². The third-order valence-electron chi connectivity index (χ3n) is 12.3. The molecule has 0 bridgehead atoms. The average molecular weight is 959 g/mol. The number of nitrogens with zero attached hydrogens (tertiary/aromatic N) is 5. The quantitative estimate of drug-likeness (QED) is 0.156. The van der Waals surface area contributed by atoms with E-state index in [2.05, 4.69) is 209 Å². The number of hydrogen-bond acceptors (Lipinski definition) is 4. The fourth-order valence-electron chi connectivity index (χ4n) is 8.87. The molecule has 0 saturated carbocycles. The Bertz CT molecular complexity index is 2720. The number of pyridine rings is 1. The summed E-state index contributed by atoms with van der Waals surface area (Å²) in [6.45, 7) is 19.0. The van der Waals surface area contributed by atoms with Crippen molar-refractivity contribution in [3.8, 4) is 34.0 Å². The molecule has 6 nitrogen and oxygen atoms in total. The van der Waals surface area contributed by atoms with E-state index >= 15 is 0 Å². The minimum Gasteiger partial charge on any atom is -0.0622 e. The smallest absolute Gasteiger partial charge is 0.0622 e. The van der Waals surface area contributed by atoms with E-state index in [0.717, 1.165) is 69.3 Å². The van der Waals surface area contributed by atoms with Crippen molar-refractivity contribution in [1.82, 2.24) is 19.0 Å². The van der Waals surface area contributed by atoms with Crippen LogP contribution in [0, 0.1) is 28.8 Å². The van der Waals surface area contributed by atoms with E-state index < -0.39 is 0 Å². The monoisotopic (exact) mass is 958 g/mol. The van der Waals surface area contributed by atoms with Gasteiger partial charge in [0.05, 0.1) is 0 Å². The second-order valence-electron chi connectivity index (χ2n) is 18.5. The van der Waals surface area contributed by atoms with Gasteiger partial charge in [0.15, 0.2) is 0 Å². The van der Waals surface area contributed by atoms with Crippen molar-refractivity contribution in [3.05, 3.63) is 154 Å². The zero-order valence-electron chi connectivity index (χ0n) is 35.4. The number of benzene rings is 5. The number of likely N-dealkylation sites (N-methyl/N-ethyl adjacent to an activating group) is 1. The summed E-state index contributed by atoms with van der Waals surface area (Å²) in [5.74, 6) is 3.23. The third kappa shape index (κ3) is 7.55. The summed E-state index contributed by atoms with van der Waals surface area (Å²) >= 11 is 2.48. The van der Waals surface area contributed by atoms with Crippen LogP contribution in [0.2, 0.25) is 0 Å². The maximum absolute atomic E-state index is 6.71. The number of fused-ring (bicyclic) bond motifs is 4. The van der Waals surface area contributed by atoms with Crippen molar-refractivity contribution >= 4 is 22.5 Å². The minimum atomic E-state index is 0.00164. The van der Waals surface area contributed by atoms with Crippen molar-refractivity contribution in [1.29, 1.82) is 0 Å². The fraction of sp³-hybridized carbons (Fsp3) is 0.308. The summed E-state index contributed by atoms with van der Waals surface area (Å²) < 4.78 is 12.4. The molecule has 0 N–H and O–H groups in total. The molecule has 0 radical (unpaired) electrons. The Morgan fingerprint density at radius 2 is 1.41 bits per heavy atom. The van der Waals surface area contributed by atoms with Gasteiger partial charge < -0.3 is 4.90 Å². The van der Waals surface area contributed by atoms with Gasteiger partial charge in [-0.05, 0) is 38.1 Å². The molecule has 9 rings (SSSR count). The summed E-state index contributed by atoms with van der Waals surface area (Å²) in [4.78, 5) is 9.92. The van der Waals surface area contributed by atoms with Crippen LogP contribution in [0.3, 0.4) is 0 Å². The first-order chi connectivity index (χ1) is 28.2. The zero-order chi connectivity index (χ0) is 41.2. The molecule has 2 aliphatic rings. The van der Waals surface area contributed by atoms with E-state index in [1.807, 2.05) is 12.3 Å². The average Bonchev–Trinajstić information content (AvgIpc) is 3.51. The van der Waals surface area contributed by atoms with Crippen LogP contribution in [-0.4, -0.2) is 45.7 Å². The number of anilines is 2. The van der Waals surface area contributed by atoms with Crippen LogP contribution in [0.5, 0.6) is 11.5 Å². The molecular weight excluding hydrogens is 906 g/mol. The van der Waals surface area contributed by atoms with Gasteiger partial charge in [0.2, 0.25) is 0 Å². The number of aromatic nitrogens is 3. The summed E-state index contributed by atoms with van der Waals surface area (Å²) in [6.07, 6.45) is 3.19. The molecule has 4 heterocycles. The number of imidazole rings is 1. The Morgan fingerprint density at radius 3 is 2.10 bits per heavy atom. The van der Waals surface area contributed by atoms with E-state index in [9.17, 15) is 0 Å². The summed E-state index contributed by atoms with van der Waals surface area (Å²) in [5, 5.41) is 0. The van der Waals surface area contributed by atoms with Crippen molar-refractivity contribution in [2.45, 2.75) is 71.6 Å². The second-order valence-corrected chi connectivity index (χ2v) is 19.6. The van der Waals surface area contributed by atoms with Crippen LogP contribution in [0.1, 0.15) is 76.1 Å². The molecule has 2 aromatic heterocycles. The maximum atomic E-state index is 6.71. The Balaban J connectivity index is 1.09. The van der Waals surface area contributed by atoms with Crippen molar-refractivity contribution in [3.63, 3.8) is 0 Å². The Labute approximate surface area is 360 Å². The van der Waals surface area contributed by atoms with Gasteiger partial charge in [-0.25, -0.2) is 0 Å². The Morgan fingerprint density at radius 1 is 0.729 bits per heavy atom. The molecule has 0 spiro atoms. The van der Waals surface area contributed by atoms with Gasteiger partial charge in [-0.1, -0.05) is 30.3 Å². The Kier molecular flexibility index (Phi) is 10.2. The van der Waals surface area contributed by atoms with Gasteiger partial charge in [0.1, 0.15) is 0 Å². The third-order valence-corrected chi connectivity index (χ3v) is 13.3. The number of ether oxygens (including phenoxy) is 1. The zero-order valence-corrected chi connectivity index (χ0v) is 37.7. The van der Waals surface area contributed by atoms with Gasteiger partial charge in [-0.15, -0.1) is 0 Å². The van der Waals surface area contributed by atoms with Gasteiger partial charge in [-0.3, -0.25) is 0 Å². The van der Waals surface area contributed by atoms with Gasteiger partial charge in [-0.2, -0.15) is 0 Å². The molecule has 2 atom stereocenters. The van der Waals surface area contributed by atoms with Crippen molar-refractivity contribution in [2.24, 2.45) is 5.92 Å². The molecule has 2 unspecified atom stereocenters. The van der Waals surface area contributed by atoms with Crippen LogP contribution in [-0.2, 0) is 30.2 Å². The van der Waals surface area contributed by atoms with Gasteiger partial charge >= 0.3 is 277 Å². The van der Waals surface area contributed by atoms with E-state index in [1.165, 1.54) is 27.8 Å². The predicted molar refractivity (Wildman–Crippen MR) is 237 cm³/mol. The molecule has 7 heteroatoms. The molecular formula is C52H53N5OPt-2. The van der Waals surface area contributed by atoms with Crippen molar-refractivity contribution < 1.29 is 24.1 Å². The first-order valence-corrected chi connectivity index (χ1v) is 22.0. The molecule has 1 fully saturated rings. The van der Waals surface area contributed by atoms with Crippen LogP contribution < -0.4 is 9.64 Å². The molecule has 1 saturated heterocycles. The number of para-hydroxylation sites is 2. The molecule has 304 valence electrons. The first-order valence-electron chi connectivity index (χ1n) is 20.8. The van der Waals surface area contributed by atoms with Crippen LogP contribution in [0.15, 0.2) is 115 Å². The molecule has 0 aliphatic carbocycles. The topological polar surface area (TPSA) is 38.5 Å². The number of rotatable bonds is 6. The normalized spacial score (nSPS) is 17.2. The number of aryl methyl sites for hydroxylation is 1. The van der Waals surface area contributed by atoms with E-state index in [-0.39, 0.29) is 10.8 Å². The standard InChI is InChI=1S/C52H53N5O.Pt/c1-35-25-50(53-31-45(35)36-15-10-9-11-16-36)55-32-37-23-24-54(8)33-46(37)44-22-21-43(30-49(44)55)58-42-18-14-17-40(29-42)56-34-57(48-20-13-12-19-47(48)56)41-27-38(51(2,3)4)26-39(28-41)52(5,6)7;/h9-22,25-28,31,37,46H,23-24,32-33H2,1-8H3;/q-2;. The van der Waals surface area contributed by atoms with Crippen LogP contribution in [0.4, 0.5) is 11.5 Å². The summed E-state index contributed by atoms with van der Waals surface area (Å²) in [7, 11) is 2.24. The predicted octanol–water partition coefficient (Wildman–Crippen LogP) is 12.0. The van der Waals surface area contributed by atoms with Crippen molar-refractivity contribution in [2.75, 3.05) is 31.6 Å². The number of hydrogen-bond donors (Lipinski definition) is 0. The summed E-state index contributed by atoms with van der Waals surface area (Å²) in [6, 6.07) is 46.4. The molecule has 7 aromatic rings. The van der Waals surface area contributed by atoms with E-state index in [4.69, 9.17) is 9.72 Å².